The van der Waals surface area contributed by atoms with Gasteiger partial charge in [-0.25, -0.2) is 0 Å². The molecule has 2 saturated carbocycles. The second-order valence-corrected chi connectivity index (χ2v) is 6.38. The standard InChI is InChI=1S/C16H25NO/c1-2-3-16(18)14-6-7-17(10-14)11-15-9-12-4-5-13(15)8-12/h6-7,10,12-13,15-16,18H,2-5,8-9,11H2,1H3. The molecule has 2 aliphatic carbocycles. The summed E-state index contributed by atoms with van der Waals surface area (Å²) in [7, 11) is 0. The van der Waals surface area contributed by atoms with Crippen molar-refractivity contribution >= 4 is 0 Å². The van der Waals surface area contributed by atoms with Crippen LogP contribution in [0, 0.1) is 17.8 Å². The highest BCUT2D eigenvalue weighted by molar-refractivity contribution is 5.13. The molecule has 2 bridgehead atoms. The molecule has 2 heteroatoms. The van der Waals surface area contributed by atoms with Crippen LogP contribution in [-0.2, 0) is 6.54 Å². The van der Waals surface area contributed by atoms with Crippen LogP contribution in [0.25, 0.3) is 0 Å². The normalized spacial score (nSPS) is 32.0. The Hall–Kier alpha value is -0.760. The highest BCUT2D eigenvalue weighted by atomic mass is 16.3. The van der Waals surface area contributed by atoms with Crippen LogP contribution < -0.4 is 0 Å². The van der Waals surface area contributed by atoms with Crippen molar-refractivity contribution in [1.29, 1.82) is 0 Å². The van der Waals surface area contributed by atoms with E-state index in [0.29, 0.717) is 0 Å². The Balaban J connectivity index is 1.60. The fourth-order valence-corrected chi connectivity index (χ4v) is 4.08. The number of nitrogens with zero attached hydrogens (tertiary/aromatic N) is 1. The third kappa shape index (κ3) is 2.35. The molecule has 0 spiro atoms. The van der Waals surface area contributed by atoms with E-state index in [1.807, 2.05) is 0 Å². The predicted molar refractivity (Wildman–Crippen MR) is 73.2 cm³/mol. The van der Waals surface area contributed by atoms with Gasteiger partial charge in [-0.3, -0.25) is 0 Å². The van der Waals surface area contributed by atoms with Crippen molar-refractivity contribution in [2.45, 2.75) is 58.1 Å². The SMILES string of the molecule is CCCC(O)c1ccn(CC2CC3CCC2C3)c1. The molecule has 0 amide bonds. The van der Waals surface area contributed by atoms with Crippen LogP contribution in [0.3, 0.4) is 0 Å². The number of fused-ring (bicyclic) bond motifs is 2. The van der Waals surface area contributed by atoms with Gasteiger partial charge in [0.2, 0.25) is 0 Å². The average Bonchev–Trinajstić information content (AvgIpc) is 3.04. The van der Waals surface area contributed by atoms with Gasteiger partial charge in [-0.05, 0) is 55.1 Å². The summed E-state index contributed by atoms with van der Waals surface area (Å²) in [5.74, 6) is 2.91. The maximum absolute atomic E-state index is 9.99. The average molecular weight is 247 g/mol. The Morgan fingerprint density at radius 2 is 2.28 bits per heavy atom. The van der Waals surface area contributed by atoms with Gasteiger partial charge >= 0.3 is 0 Å². The minimum Gasteiger partial charge on any atom is -0.388 e. The Kier molecular flexibility index (Phi) is 3.47. The van der Waals surface area contributed by atoms with E-state index in [-0.39, 0.29) is 6.10 Å². The summed E-state index contributed by atoms with van der Waals surface area (Å²) in [5, 5.41) is 9.99. The van der Waals surface area contributed by atoms with Gasteiger partial charge in [0.25, 0.3) is 0 Å². The number of aromatic nitrogens is 1. The van der Waals surface area contributed by atoms with Crippen LogP contribution >= 0.6 is 0 Å². The lowest BCUT2D eigenvalue weighted by molar-refractivity contribution is 0.166. The first kappa shape index (κ1) is 12.3. The lowest BCUT2D eigenvalue weighted by Gasteiger charge is -2.22. The summed E-state index contributed by atoms with van der Waals surface area (Å²) >= 11 is 0. The molecule has 0 saturated heterocycles. The van der Waals surface area contributed by atoms with Crippen molar-refractivity contribution in [3.8, 4) is 0 Å². The maximum Gasteiger partial charge on any atom is 0.0804 e. The summed E-state index contributed by atoms with van der Waals surface area (Å²) in [4.78, 5) is 0. The van der Waals surface area contributed by atoms with Crippen LogP contribution in [-0.4, -0.2) is 9.67 Å². The van der Waals surface area contributed by atoms with Gasteiger partial charge in [-0.2, -0.15) is 0 Å². The first-order chi connectivity index (χ1) is 8.76. The van der Waals surface area contributed by atoms with Gasteiger partial charge in [-0.15, -0.1) is 0 Å². The number of rotatable bonds is 5. The van der Waals surface area contributed by atoms with E-state index in [2.05, 4.69) is 30.0 Å². The second kappa shape index (κ2) is 5.08. The van der Waals surface area contributed by atoms with E-state index in [1.54, 1.807) is 0 Å². The zero-order valence-corrected chi connectivity index (χ0v) is 11.4. The summed E-state index contributed by atoms with van der Waals surface area (Å²) in [6.45, 7) is 3.29. The summed E-state index contributed by atoms with van der Waals surface area (Å²) in [6, 6.07) is 2.09. The highest BCUT2D eigenvalue weighted by Gasteiger charge is 2.39. The minimum atomic E-state index is -0.267. The maximum atomic E-state index is 9.99. The Bertz CT molecular complexity index is 398. The zero-order valence-electron chi connectivity index (χ0n) is 11.4. The molecule has 1 aromatic rings. The minimum absolute atomic E-state index is 0.267. The summed E-state index contributed by atoms with van der Waals surface area (Å²) in [6.07, 6.45) is 11.8. The molecule has 0 aromatic carbocycles. The number of hydrogen-bond donors (Lipinski definition) is 1. The van der Waals surface area contributed by atoms with Gasteiger partial charge in [0.05, 0.1) is 6.10 Å². The van der Waals surface area contributed by atoms with E-state index < -0.39 is 0 Å². The molecule has 4 atom stereocenters. The van der Waals surface area contributed by atoms with Crippen LogP contribution in [0.5, 0.6) is 0 Å². The molecule has 2 fully saturated rings. The van der Waals surface area contributed by atoms with Crippen LogP contribution in [0.15, 0.2) is 18.5 Å². The summed E-state index contributed by atoms with van der Waals surface area (Å²) in [5.41, 5.74) is 1.10. The molecule has 100 valence electrons. The van der Waals surface area contributed by atoms with Crippen molar-refractivity contribution in [3.05, 3.63) is 24.0 Å². The lowest BCUT2D eigenvalue weighted by Crippen LogP contribution is -2.16. The second-order valence-electron chi connectivity index (χ2n) is 6.38. The third-order valence-corrected chi connectivity index (χ3v) is 5.05. The van der Waals surface area contributed by atoms with E-state index in [0.717, 1.165) is 36.2 Å². The molecular weight excluding hydrogens is 222 g/mol. The molecular formula is C16H25NO. The Morgan fingerprint density at radius 1 is 1.39 bits per heavy atom. The van der Waals surface area contributed by atoms with E-state index in [9.17, 15) is 5.11 Å². The largest absolute Gasteiger partial charge is 0.388 e. The van der Waals surface area contributed by atoms with Crippen molar-refractivity contribution in [2.75, 3.05) is 0 Å². The highest BCUT2D eigenvalue weighted by Crippen LogP contribution is 2.48. The van der Waals surface area contributed by atoms with Gasteiger partial charge in [0.1, 0.15) is 0 Å². The Morgan fingerprint density at radius 3 is 2.94 bits per heavy atom. The zero-order chi connectivity index (χ0) is 12.5. The first-order valence-electron chi connectivity index (χ1n) is 7.60. The van der Waals surface area contributed by atoms with Crippen molar-refractivity contribution in [3.63, 3.8) is 0 Å². The van der Waals surface area contributed by atoms with Gasteiger partial charge < -0.3 is 9.67 Å². The monoisotopic (exact) mass is 247 g/mol. The van der Waals surface area contributed by atoms with Crippen molar-refractivity contribution in [1.82, 2.24) is 4.57 Å². The molecule has 2 nitrogen and oxygen atoms in total. The number of hydrogen-bond acceptors (Lipinski definition) is 1. The predicted octanol–water partition coefficient (Wildman–Crippen LogP) is 3.76. The van der Waals surface area contributed by atoms with Crippen LogP contribution in [0.1, 0.15) is 57.1 Å². The molecule has 2 aliphatic rings. The van der Waals surface area contributed by atoms with E-state index >= 15 is 0 Å². The lowest BCUT2D eigenvalue weighted by atomic mass is 9.89. The van der Waals surface area contributed by atoms with Crippen LogP contribution in [0.2, 0.25) is 0 Å². The smallest absolute Gasteiger partial charge is 0.0804 e. The fraction of sp³-hybridized carbons (Fsp3) is 0.750. The molecule has 18 heavy (non-hydrogen) atoms. The third-order valence-electron chi connectivity index (χ3n) is 5.05. The molecule has 1 aromatic heterocycles. The molecule has 4 unspecified atom stereocenters. The molecule has 0 radical (unpaired) electrons. The van der Waals surface area contributed by atoms with Gasteiger partial charge in [0.15, 0.2) is 0 Å². The first-order valence-corrected chi connectivity index (χ1v) is 7.60. The van der Waals surface area contributed by atoms with Gasteiger partial charge in [0, 0.05) is 18.9 Å². The quantitative estimate of drug-likeness (QED) is 0.842. The van der Waals surface area contributed by atoms with E-state index in [4.69, 9.17) is 0 Å². The molecule has 1 N–H and O–H groups in total. The molecule has 1 heterocycles. The molecule has 0 aliphatic heterocycles. The Labute approximate surface area is 110 Å². The fourth-order valence-electron chi connectivity index (χ4n) is 4.08. The topological polar surface area (TPSA) is 25.2 Å². The van der Waals surface area contributed by atoms with Crippen molar-refractivity contribution in [2.24, 2.45) is 17.8 Å². The molecule has 3 rings (SSSR count). The summed E-state index contributed by atoms with van der Waals surface area (Å²) < 4.78 is 2.31. The van der Waals surface area contributed by atoms with Crippen LogP contribution in [0.4, 0.5) is 0 Å². The number of aliphatic hydroxyl groups excluding tert-OH is 1. The van der Waals surface area contributed by atoms with E-state index in [1.165, 1.54) is 32.2 Å². The van der Waals surface area contributed by atoms with Crippen molar-refractivity contribution < 1.29 is 5.11 Å². The number of aliphatic hydroxyl groups is 1. The van der Waals surface area contributed by atoms with Gasteiger partial charge in [-0.1, -0.05) is 19.8 Å².